The number of hydrogen-bond acceptors (Lipinski definition) is 6. The molecule has 196 valence electrons. The number of nitrogens with zero attached hydrogens (tertiary/aromatic N) is 1. The Bertz CT molecular complexity index is 1030. The SMILES string of the molecule is Cl.NCC(O)CNC(=O)[C@@H](Cc1ccc2ccccc2c1)N(C(=O)C1CCCC1)C(=O)[C@@H]1CCCN1. The van der Waals surface area contributed by atoms with Crippen molar-refractivity contribution in [2.75, 3.05) is 19.6 Å². The monoisotopic (exact) mass is 516 g/mol. The Hall–Kier alpha value is -2.52. The fraction of sp³-hybridized carbons (Fsp3) is 0.519. The van der Waals surface area contributed by atoms with Gasteiger partial charge in [0.1, 0.15) is 6.04 Å². The third kappa shape index (κ3) is 6.62. The summed E-state index contributed by atoms with van der Waals surface area (Å²) >= 11 is 0. The fourth-order valence-electron chi connectivity index (χ4n) is 5.16. The Labute approximate surface area is 218 Å². The first kappa shape index (κ1) is 28.1. The van der Waals surface area contributed by atoms with Crippen LogP contribution >= 0.6 is 12.4 Å². The van der Waals surface area contributed by atoms with Crippen LogP contribution in [0, 0.1) is 5.92 Å². The summed E-state index contributed by atoms with van der Waals surface area (Å²) in [7, 11) is 0. The van der Waals surface area contributed by atoms with Crippen molar-refractivity contribution in [3.8, 4) is 0 Å². The zero-order chi connectivity index (χ0) is 24.8. The van der Waals surface area contributed by atoms with Crippen molar-refractivity contribution in [3.05, 3.63) is 48.0 Å². The zero-order valence-electron chi connectivity index (χ0n) is 20.5. The molecule has 0 aromatic heterocycles. The number of fused-ring (bicyclic) bond motifs is 1. The summed E-state index contributed by atoms with van der Waals surface area (Å²) in [6.07, 6.45) is 4.16. The summed E-state index contributed by atoms with van der Waals surface area (Å²) in [6.45, 7) is 0.683. The number of amides is 3. The van der Waals surface area contributed by atoms with Crippen LogP contribution in [0.15, 0.2) is 42.5 Å². The van der Waals surface area contributed by atoms with Gasteiger partial charge in [0.15, 0.2) is 0 Å². The molecule has 1 unspecified atom stereocenters. The van der Waals surface area contributed by atoms with Crippen molar-refractivity contribution in [3.63, 3.8) is 0 Å². The molecular weight excluding hydrogens is 480 g/mol. The molecule has 2 aliphatic rings. The van der Waals surface area contributed by atoms with Crippen molar-refractivity contribution in [1.29, 1.82) is 0 Å². The van der Waals surface area contributed by atoms with Crippen LogP contribution in [0.5, 0.6) is 0 Å². The average Bonchev–Trinajstić information content (AvgIpc) is 3.61. The third-order valence-corrected chi connectivity index (χ3v) is 7.18. The molecule has 3 atom stereocenters. The topological polar surface area (TPSA) is 125 Å². The minimum absolute atomic E-state index is 0. The van der Waals surface area contributed by atoms with Gasteiger partial charge in [0, 0.05) is 25.4 Å². The molecule has 1 saturated heterocycles. The maximum absolute atomic E-state index is 13.7. The van der Waals surface area contributed by atoms with E-state index in [-0.39, 0.29) is 49.6 Å². The van der Waals surface area contributed by atoms with Crippen LogP contribution in [-0.2, 0) is 20.8 Å². The Balaban J connectivity index is 0.00000361. The normalized spacial score (nSPS) is 19.4. The molecule has 4 rings (SSSR count). The van der Waals surface area contributed by atoms with Crippen LogP contribution < -0.4 is 16.4 Å². The first-order valence-electron chi connectivity index (χ1n) is 12.7. The fourth-order valence-corrected chi connectivity index (χ4v) is 5.16. The van der Waals surface area contributed by atoms with E-state index < -0.39 is 24.1 Å². The minimum Gasteiger partial charge on any atom is -0.390 e. The van der Waals surface area contributed by atoms with Crippen LogP contribution in [0.1, 0.15) is 44.1 Å². The van der Waals surface area contributed by atoms with Gasteiger partial charge in [-0.3, -0.25) is 19.3 Å². The Kier molecular flexibility index (Phi) is 10.2. The third-order valence-electron chi connectivity index (χ3n) is 7.18. The summed E-state index contributed by atoms with van der Waals surface area (Å²) in [4.78, 5) is 42.1. The molecular formula is C27H37ClN4O4. The van der Waals surface area contributed by atoms with Gasteiger partial charge in [-0.25, -0.2) is 0 Å². The highest BCUT2D eigenvalue weighted by atomic mass is 35.5. The zero-order valence-corrected chi connectivity index (χ0v) is 21.3. The number of halogens is 1. The van der Waals surface area contributed by atoms with Gasteiger partial charge in [-0.2, -0.15) is 0 Å². The van der Waals surface area contributed by atoms with E-state index in [0.717, 1.165) is 48.4 Å². The van der Waals surface area contributed by atoms with Crippen molar-refractivity contribution in [1.82, 2.24) is 15.5 Å². The summed E-state index contributed by atoms with van der Waals surface area (Å²) in [5, 5.41) is 17.9. The Morgan fingerprint density at radius 2 is 1.75 bits per heavy atom. The van der Waals surface area contributed by atoms with E-state index in [9.17, 15) is 19.5 Å². The van der Waals surface area contributed by atoms with Crippen LogP contribution in [0.2, 0.25) is 0 Å². The number of benzene rings is 2. The number of imide groups is 1. The lowest BCUT2D eigenvalue weighted by molar-refractivity contribution is -0.155. The molecule has 0 radical (unpaired) electrons. The average molecular weight is 517 g/mol. The second-order valence-corrected chi connectivity index (χ2v) is 9.71. The molecule has 0 bridgehead atoms. The van der Waals surface area contributed by atoms with Gasteiger partial charge >= 0.3 is 0 Å². The van der Waals surface area contributed by atoms with Gasteiger partial charge < -0.3 is 21.5 Å². The smallest absolute Gasteiger partial charge is 0.247 e. The van der Waals surface area contributed by atoms with Crippen LogP contribution in [0.3, 0.4) is 0 Å². The van der Waals surface area contributed by atoms with Gasteiger partial charge in [0.25, 0.3) is 0 Å². The van der Waals surface area contributed by atoms with Crippen LogP contribution in [0.4, 0.5) is 0 Å². The Morgan fingerprint density at radius 3 is 2.42 bits per heavy atom. The number of nitrogens with two attached hydrogens (primary N) is 1. The van der Waals surface area contributed by atoms with E-state index in [0.29, 0.717) is 13.0 Å². The van der Waals surface area contributed by atoms with Gasteiger partial charge in [-0.05, 0) is 48.6 Å². The van der Waals surface area contributed by atoms with E-state index in [4.69, 9.17) is 5.73 Å². The van der Waals surface area contributed by atoms with E-state index >= 15 is 0 Å². The highest BCUT2D eigenvalue weighted by molar-refractivity contribution is 6.03. The number of aliphatic hydroxyl groups is 1. The molecule has 2 aromatic carbocycles. The maximum atomic E-state index is 13.7. The quantitative estimate of drug-likeness (QED) is 0.377. The van der Waals surface area contributed by atoms with Crippen molar-refractivity contribution in [2.24, 2.45) is 11.7 Å². The molecule has 0 spiro atoms. The van der Waals surface area contributed by atoms with Crippen LogP contribution in [-0.4, -0.2) is 65.5 Å². The molecule has 9 heteroatoms. The summed E-state index contributed by atoms with van der Waals surface area (Å²) < 4.78 is 0. The molecule has 1 aliphatic heterocycles. The van der Waals surface area contributed by atoms with Crippen molar-refractivity contribution >= 4 is 40.9 Å². The van der Waals surface area contributed by atoms with Crippen molar-refractivity contribution in [2.45, 2.75) is 63.1 Å². The Morgan fingerprint density at radius 1 is 1.03 bits per heavy atom. The molecule has 2 fully saturated rings. The minimum atomic E-state index is -1.01. The molecule has 36 heavy (non-hydrogen) atoms. The number of carbonyl (C=O) groups excluding carboxylic acids is 3. The number of carbonyl (C=O) groups is 3. The first-order chi connectivity index (χ1) is 17.0. The molecule has 1 aliphatic carbocycles. The summed E-state index contributed by atoms with van der Waals surface area (Å²) in [6, 6.07) is 12.4. The molecule has 8 nitrogen and oxygen atoms in total. The second kappa shape index (κ2) is 13.1. The number of nitrogens with one attached hydrogen (secondary N) is 2. The lowest BCUT2D eigenvalue weighted by Crippen LogP contribution is -2.59. The molecule has 1 saturated carbocycles. The largest absolute Gasteiger partial charge is 0.390 e. The van der Waals surface area contributed by atoms with Gasteiger partial charge in [0.05, 0.1) is 12.1 Å². The number of aliphatic hydroxyl groups excluding tert-OH is 1. The first-order valence-corrected chi connectivity index (χ1v) is 12.7. The number of rotatable bonds is 9. The van der Waals surface area contributed by atoms with Crippen LogP contribution in [0.25, 0.3) is 10.8 Å². The summed E-state index contributed by atoms with van der Waals surface area (Å²) in [5.41, 5.74) is 6.36. The highest BCUT2D eigenvalue weighted by Gasteiger charge is 2.41. The predicted octanol–water partition coefficient (Wildman–Crippen LogP) is 1.91. The van der Waals surface area contributed by atoms with E-state index in [2.05, 4.69) is 10.6 Å². The lowest BCUT2D eigenvalue weighted by Gasteiger charge is -2.33. The van der Waals surface area contributed by atoms with Gasteiger partial charge in [-0.1, -0.05) is 55.3 Å². The standard InChI is InChI=1S/C27H36N4O4.ClH/c28-16-22(32)17-30-25(33)24(15-18-11-12-19-6-1-4-9-21(19)14-18)31(26(34)20-7-2-3-8-20)27(35)23-10-5-13-29-23;/h1,4,6,9,11-12,14,20,22-24,29,32H,2-3,5,7-8,10,13,15-17,28H2,(H,30,33);1H/t22?,23-,24+;/m0./s1. The molecule has 1 heterocycles. The van der Waals surface area contributed by atoms with E-state index in [1.807, 2.05) is 42.5 Å². The lowest BCUT2D eigenvalue weighted by atomic mass is 9.97. The molecule has 3 amide bonds. The number of hydrogen-bond donors (Lipinski definition) is 4. The predicted molar refractivity (Wildman–Crippen MR) is 142 cm³/mol. The summed E-state index contributed by atoms with van der Waals surface area (Å²) in [5.74, 6) is -1.30. The van der Waals surface area contributed by atoms with E-state index in [1.54, 1.807) is 0 Å². The maximum Gasteiger partial charge on any atom is 0.247 e. The molecule has 5 N–H and O–H groups in total. The van der Waals surface area contributed by atoms with Gasteiger partial charge in [-0.15, -0.1) is 12.4 Å². The van der Waals surface area contributed by atoms with E-state index in [1.165, 1.54) is 4.90 Å². The van der Waals surface area contributed by atoms with Gasteiger partial charge in [0.2, 0.25) is 17.7 Å². The highest BCUT2D eigenvalue weighted by Crippen LogP contribution is 2.29. The molecule has 2 aromatic rings. The second-order valence-electron chi connectivity index (χ2n) is 9.71. The van der Waals surface area contributed by atoms with Crippen molar-refractivity contribution < 1.29 is 19.5 Å².